The number of hydrogen-bond acceptors (Lipinski definition) is 2. The van der Waals surface area contributed by atoms with E-state index in [1.54, 1.807) is 0 Å². The van der Waals surface area contributed by atoms with E-state index < -0.39 is 0 Å². The Bertz CT molecular complexity index is 738. The summed E-state index contributed by atoms with van der Waals surface area (Å²) in [6.45, 7) is 4.58. The van der Waals surface area contributed by atoms with Gasteiger partial charge < -0.3 is 9.64 Å². The quantitative estimate of drug-likeness (QED) is 0.850. The van der Waals surface area contributed by atoms with E-state index in [-0.39, 0.29) is 11.9 Å². The normalized spacial score (nSPS) is 16.4. The number of fused-ring (bicyclic) bond motifs is 1. The second-order valence-electron chi connectivity index (χ2n) is 6.49. The molecule has 3 heteroatoms. The fraction of sp³-hybridized carbons (Fsp3) is 0.381. The first-order chi connectivity index (χ1) is 11.6. The molecule has 0 N–H and O–H groups in total. The van der Waals surface area contributed by atoms with Crippen LogP contribution in [0.5, 0.6) is 5.75 Å². The molecule has 2 aromatic rings. The standard InChI is InChI=1S/C21H25NO2/c1-4-24-20-12-10-18(13-15(20)2)21(23)22(3)19-11-9-16-7-5-6-8-17(16)14-19/h5-8,10,12-13,19H,4,9,11,14H2,1-3H3. The van der Waals surface area contributed by atoms with E-state index in [0.717, 1.165) is 36.1 Å². The van der Waals surface area contributed by atoms with Crippen LogP contribution in [-0.4, -0.2) is 30.5 Å². The van der Waals surface area contributed by atoms with E-state index in [0.29, 0.717) is 6.61 Å². The van der Waals surface area contributed by atoms with Crippen molar-refractivity contribution >= 4 is 5.91 Å². The smallest absolute Gasteiger partial charge is 0.253 e. The minimum absolute atomic E-state index is 0.0885. The Morgan fingerprint density at radius 2 is 1.96 bits per heavy atom. The van der Waals surface area contributed by atoms with Crippen LogP contribution < -0.4 is 4.74 Å². The average Bonchev–Trinajstić information content (AvgIpc) is 2.62. The third-order valence-corrected chi connectivity index (χ3v) is 4.91. The molecule has 0 spiro atoms. The number of aryl methyl sites for hydroxylation is 2. The Labute approximate surface area is 144 Å². The van der Waals surface area contributed by atoms with Crippen LogP contribution in [0.3, 0.4) is 0 Å². The van der Waals surface area contributed by atoms with Crippen molar-refractivity contribution in [2.45, 2.75) is 39.2 Å². The van der Waals surface area contributed by atoms with Gasteiger partial charge in [0.05, 0.1) is 6.61 Å². The summed E-state index contributed by atoms with van der Waals surface area (Å²) in [5, 5.41) is 0. The molecule has 0 bridgehead atoms. The number of rotatable bonds is 4. The van der Waals surface area contributed by atoms with Gasteiger partial charge in [0.15, 0.2) is 0 Å². The molecule has 3 nitrogen and oxygen atoms in total. The highest BCUT2D eigenvalue weighted by Gasteiger charge is 2.25. The lowest BCUT2D eigenvalue weighted by Gasteiger charge is -2.32. The lowest BCUT2D eigenvalue weighted by molar-refractivity contribution is 0.0718. The highest BCUT2D eigenvalue weighted by molar-refractivity contribution is 5.94. The maximum absolute atomic E-state index is 12.9. The number of benzene rings is 2. The van der Waals surface area contributed by atoms with Crippen LogP contribution in [0.25, 0.3) is 0 Å². The van der Waals surface area contributed by atoms with E-state index >= 15 is 0 Å². The zero-order chi connectivity index (χ0) is 17.1. The van der Waals surface area contributed by atoms with Crippen LogP contribution in [0.1, 0.15) is 40.4 Å². The van der Waals surface area contributed by atoms with Crippen LogP contribution in [0.15, 0.2) is 42.5 Å². The molecule has 1 amide bonds. The number of carbonyl (C=O) groups excluding carboxylic acids is 1. The van der Waals surface area contributed by atoms with Crippen molar-refractivity contribution in [1.29, 1.82) is 0 Å². The zero-order valence-corrected chi connectivity index (χ0v) is 14.7. The summed E-state index contributed by atoms with van der Waals surface area (Å²) in [4.78, 5) is 14.8. The zero-order valence-electron chi connectivity index (χ0n) is 14.7. The van der Waals surface area contributed by atoms with Crippen LogP contribution in [0, 0.1) is 6.92 Å². The summed E-state index contributed by atoms with van der Waals surface area (Å²) in [5.74, 6) is 0.939. The molecule has 24 heavy (non-hydrogen) atoms. The molecular weight excluding hydrogens is 298 g/mol. The average molecular weight is 323 g/mol. The maximum atomic E-state index is 12.9. The predicted octanol–water partition coefficient (Wildman–Crippen LogP) is 4.02. The molecule has 0 aliphatic heterocycles. The SMILES string of the molecule is CCOc1ccc(C(=O)N(C)C2CCc3ccccc3C2)cc1C. The van der Waals surface area contributed by atoms with Crippen molar-refractivity contribution in [2.24, 2.45) is 0 Å². The van der Waals surface area contributed by atoms with E-state index in [1.165, 1.54) is 11.1 Å². The molecule has 0 radical (unpaired) electrons. The van der Waals surface area contributed by atoms with Crippen molar-refractivity contribution in [3.63, 3.8) is 0 Å². The molecule has 0 saturated carbocycles. The number of carbonyl (C=O) groups is 1. The number of amides is 1. The van der Waals surface area contributed by atoms with Crippen LogP contribution in [0.2, 0.25) is 0 Å². The summed E-state index contributed by atoms with van der Waals surface area (Å²) in [6.07, 6.45) is 3.00. The molecule has 0 heterocycles. The fourth-order valence-corrected chi connectivity index (χ4v) is 3.48. The molecule has 0 aromatic heterocycles. The summed E-state index contributed by atoms with van der Waals surface area (Å²) < 4.78 is 5.56. The van der Waals surface area contributed by atoms with Gasteiger partial charge in [-0.15, -0.1) is 0 Å². The first-order valence-electron chi connectivity index (χ1n) is 8.67. The van der Waals surface area contributed by atoms with E-state index in [2.05, 4.69) is 24.3 Å². The van der Waals surface area contributed by atoms with Crippen molar-refractivity contribution in [3.05, 3.63) is 64.7 Å². The van der Waals surface area contributed by atoms with Crippen LogP contribution in [-0.2, 0) is 12.8 Å². The third-order valence-electron chi connectivity index (χ3n) is 4.91. The Kier molecular flexibility index (Phi) is 4.89. The Balaban J connectivity index is 1.74. The van der Waals surface area contributed by atoms with Gasteiger partial charge in [-0.2, -0.15) is 0 Å². The van der Waals surface area contributed by atoms with Gasteiger partial charge in [0.2, 0.25) is 0 Å². The molecule has 1 atom stereocenters. The first kappa shape index (κ1) is 16.6. The molecule has 1 aliphatic carbocycles. The Morgan fingerprint density at radius 1 is 1.21 bits per heavy atom. The molecular formula is C21H25NO2. The number of ether oxygens (including phenoxy) is 1. The number of likely N-dealkylation sites (N-methyl/N-ethyl adjacent to an activating group) is 1. The van der Waals surface area contributed by atoms with Crippen molar-refractivity contribution < 1.29 is 9.53 Å². The topological polar surface area (TPSA) is 29.5 Å². The number of nitrogens with zero attached hydrogens (tertiary/aromatic N) is 1. The van der Waals surface area contributed by atoms with Gasteiger partial charge >= 0.3 is 0 Å². The van der Waals surface area contributed by atoms with Gasteiger partial charge in [-0.3, -0.25) is 4.79 Å². The van der Waals surface area contributed by atoms with Crippen molar-refractivity contribution in [3.8, 4) is 5.75 Å². The monoisotopic (exact) mass is 323 g/mol. The van der Waals surface area contributed by atoms with Crippen LogP contribution in [0.4, 0.5) is 0 Å². The summed E-state index contributed by atoms with van der Waals surface area (Å²) in [7, 11) is 1.92. The van der Waals surface area contributed by atoms with Gasteiger partial charge in [-0.1, -0.05) is 24.3 Å². The predicted molar refractivity (Wildman–Crippen MR) is 96.7 cm³/mol. The molecule has 2 aromatic carbocycles. The molecule has 0 fully saturated rings. The van der Waals surface area contributed by atoms with Crippen molar-refractivity contribution in [2.75, 3.05) is 13.7 Å². The van der Waals surface area contributed by atoms with Gasteiger partial charge in [0.25, 0.3) is 5.91 Å². The van der Waals surface area contributed by atoms with E-state index in [9.17, 15) is 4.79 Å². The summed E-state index contributed by atoms with van der Waals surface area (Å²) >= 11 is 0. The minimum Gasteiger partial charge on any atom is -0.494 e. The Morgan fingerprint density at radius 3 is 2.67 bits per heavy atom. The molecule has 126 valence electrons. The van der Waals surface area contributed by atoms with Gasteiger partial charge in [-0.25, -0.2) is 0 Å². The van der Waals surface area contributed by atoms with Crippen molar-refractivity contribution in [1.82, 2.24) is 4.90 Å². The van der Waals surface area contributed by atoms with Crippen LogP contribution >= 0.6 is 0 Å². The lowest BCUT2D eigenvalue weighted by atomic mass is 9.87. The highest BCUT2D eigenvalue weighted by Crippen LogP contribution is 2.26. The molecule has 1 unspecified atom stereocenters. The third kappa shape index (κ3) is 3.30. The fourth-order valence-electron chi connectivity index (χ4n) is 3.48. The Hall–Kier alpha value is -2.29. The lowest BCUT2D eigenvalue weighted by Crippen LogP contribution is -2.40. The maximum Gasteiger partial charge on any atom is 0.253 e. The summed E-state index contributed by atoms with van der Waals surface area (Å²) in [5.41, 5.74) is 4.53. The highest BCUT2D eigenvalue weighted by atomic mass is 16.5. The van der Waals surface area contributed by atoms with Gasteiger partial charge in [0, 0.05) is 18.7 Å². The van der Waals surface area contributed by atoms with Gasteiger partial charge in [0.1, 0.15) is 5.75 Å². The van der Waals surface area contributed by atoms with Gasteiger partial charge in [-0.05, 0) is 68.0 Å². The second kappa shape index (κ2) is 7.08. The second-order valence-corrected chi connectivity index (χ2v) is 6.49. The van der Waals surface area contributed by atoms with E-state index in [1.807, 2.05) is 44.0 Å². The number of hydrogen-bond donors (Lipinski definition) is 0. The molecule has 1 aliphatic rings. The van der Waals surface area contributed by atoms with E-state index in [4.69, 9.17) is 4.74 Å². The molecule has 3 rings (SSSR count). The molecule has 0 saturated heterocycles. The largest absolute Gasteiger partial charge is 0.494 e. The minimum atomic E-state index is 0.0885. The first-order valence-corrected chi connectivity index (χ1v) is 8.67. The summed E-state index contributed by atoms with van der Waals surface area (Å²) in [6, 6.07) is 14.5.